The van der Waals surface area contributed by atoms with E-state index in [9.17, 15) is 18.3 Å². The van der Waals surface area contributed by atoms with Crippen molar-refractivity contribution < 1.29 is 23.0 Å². The lowest BCUT2D eigenvalue weighted by Gasteiger charge is -2.13. The lowest BCUT2D eigenvalue weighted by atomic mass is 10.0. The number of benzene rings is 1. The number of phenolic OH excluding ortho intramolecular Hbond substituents is 1. The molecule has 0 fully saturated rings. The van der Waals surface area contributed by atoms with E-state index in [4.69, 9.17) is 11.0 Å². The van der Waals surface area contributed by atoms with Crippen LogP contribution in [0.1, 0.15) is 18.0 Å². The molecule has 1 rings (SSSR count). The van der Waals surface area contributed by atoms with Gasteiger partial charge < -0.3 is 15.6 Å². The molecule has 0 amide bonds. The lowest BCUT2D eigenvalue weighted by Crippen LogP contribution is -2.17. The predicted molar refractivity (Wildman–Crippen MR) is 59.2 cm³/mol. The van der Waals surface area contributed by atoms with Crippen molar-refractivity contribution in [2.75, 3.05) is 0 Å². The van der Waals surface area contributed by atoms with Gasteiger partial charge in [0.1, 0.15) is 11.5 Å². The fourth-order valence-corrected chi connectivity index (χ4v) is 1.24. The smallest absolute Gasteiger partial charge is 0.508 e. The van der Waals surface area contributed by atoms with Gasteiger partial charge in [-0.05, 0) is 18.2 Å². The number of nitriles is 1. The first-order valence-corrected chi connectivity index (χ1v) is 4.54. The largest absolute Gasteiger partial charge is 0.573 e. The monoisotopic (exact) mass is 282 g/mol. The Morgan fingerprint density at radius 2 is 2.06 bits per heavy atom. The fourth-order valence-electron chi connectivity index (χ4n) is 1.24. The molecular weight excluding hydrogens is 273 g/mol. The normalized spacial score (nSPS) is 12.2. The molecule has 0 heterocycles. The van der Waals surface area contributed by atoms with Crippen LogP contribution in [0.5, 0.6) is 11.5 Å². The Hall–Kier alpha value is -1.65. The van der Waals surface area contributed by atoms with Crippen molar-refractivity contribution in [2.45, 2.75) is 18.8 Å². The Kier molecular flexibility index (Phi) is 5.75. The molecule has 100 valence electrons. The number of nitrogens with two attached hydrogens (primary N) is 1. The minimum absolute atomic E-state index is 0. The number of hydrogen-bond donors (Lipinski definition) is 2. The molecule has 4 nitrogen and oxygen atoms in total. The molecule has 0 aliphatic rings. The highest BCUT2D eigenvalue weighted by Gasteiger charge is 2.31. The van der Waals surface area contributed by atoms with E-state index >= 15 is 0 Å². The summed E-state index contributed by atoms with van der Waals surface area (Å²) in [6.45, 7) is 0. The quantitative estimate of drug-likeness (QED) is 0.893. The average molecular weight is 283 g/mol. The third-order valence-corrected chi connectivity index (χ3v) is 1.94. The molecule has 1 aromatic carbocycles. The first kappa shape index (κ1) is 16.4. The zero-order valence-corrected chi connectivity index (χ0v) is 9.76. The van der Waals surface area contributed by atoms with Crippen molar-refractivity contribution in [1.29, 1.82) is 5.26 Å². The van der Waals surface area contributed by atoms with Crippen LogP contribution in [0.3, 0.4) is 0 Å². The molecule has 0 bridgehead atoms. The van der Waals surface area contributed by atoms with Gasteiger partial charge in [0, 0.05) is 11.6 Å². The van der Waals surface area contributed by atoms with Gasteiger partial charge in [-0.1, -0.05) is 0 Å². The second kappa shape index (κ2) is 6.33. The molecule has 0 aliphatic heterocycles. The van der Waals surface area contributed by atoms with Crippen LogP contribution in [-0.2, 0) is 0 Å². The maximum Gasteiger partial charge on any atom is 0.573 e. The number of ether oxygens (including phenoxy) is 1. The predicted octanol–water partition coefficient (Wildman–Crippen LogP) is 2.63. The molecule has 18 heavy (non-hydrogen) atoms. The van der Waals surface area contributed by atoms with Crippen LogP contribution < -0.4 is 10.5 Å². The zero-order valence-electron chi connectivity index (χ0n) is 8.94. The van der Waals surface area contributed by atoms with Crippen molar-refractivity contribution >= 4 is 12.4 Å². The van der Waals surface area contributed by atoms with Gasteiger partial charge in [0.25, 0.3) is 0 Å². The lowest BCUT2D eigenvalue weighted by molar-refractivity contribution is -0.274. The Balaban J connectivity index is 0.00000289. The van der Waals surface area contributed by atoms with Gasteiger partial charge in [-0.15, -0.1) is 25.6 Å². The number of rotatable bonds is 3. The van der Waals surface area contributed by atoms with E-state index in [1.807, 2.05) is 0 Å². The maximum atomic E-state index is 12.0. The number of aromatic hydroxyl groups is 1. The third-order valence-electron chi connectivity index (χ3n) is 1.94. The zero-order chi connectivity index (χ0) is 13.1. The van der Waals surface area contributed by atoms with Crippen LogP contribution in [0, 0.1) is 11.3 Å². The van der Waals surface area contributed by atoms with Crippen LogP contribution in [0.15, 0.2) is 18.2 Å². The Morgan fingerprint density at radius 3 is 2.56 bits per heavy atom. The van der Waals surface area contributed by atoms with E-state index in [2.05, 4.69) is 4.74 Å². The highest BCUT2D eigenvalue weighted by atomic mass is 35.5. The van der Waals surface area contributed by atoms with Crippen LogP contribution in [-0.4, -0.2) is 11.5 Å². The summed E-state index contributed by atoms with van der Waals surface area (Å²) >= 11 is 0. The summed E-state index contributed by atoms with van der Waals surface area (Å²) in [6.07, 6.45) is -4.93. The molecule has 0 aromatic heterocycles. The van der Waals surface area contributed by atoms with Crippen molar-refractivity contribution in [2.24, 2.45) is 5.73 Å². The van der Waals surface area contributed by atoms with Gasteiger partial charge in [0.2, 0.25) is 0 Å². The van der Waals surface area contributed by atoms with E-state index in [1.54, 1.807) is 6.07 Å². The van der Waals surface area contributed by atoms with Gasteiger partial charge in [-0.2, -0.15) is 5.26 Å². The molecule has 1 aromatic rings. The van der Waals surface area contributed by atoms with E-state index in [0.29, 0.717) is 0 Å². The van der Waals surface area contributed by atoms with E-state index in [-0.39, 0.29) is 30.1 Å². The summed E-state index contributed by atoms with van der Waals surface area (Å²) in [6, 6.07) is 3.86. The summed E-state index contributed by atoms with van der Waals surface area (Å²) in [5.41, 5.74) is 5.56. The minimum atomic E-state index is -4.81. The number of nitrogens with zero attached hydrogens (tertiary/aromatic N) is 1. The Morgan fingerprint density at radius 1 is 1.44 bits per heavy atom. The molecule has 8 heteroatoms. The second-order valence-corrected chi connectivity index (χ2v) is 3.24. The van der Waals surface area contributed by atoms with Crippen molar-refractivity contribution in [3.63, 3.8) is 0 Å². The van der Waals surface area contributed by atoms with Crippen molar-refractivity contribution in [1.82, 2.24) is 0 Å². The summed E-state index contributed by atoms with van der Waals surface area (Å²) < 4.78 is 39.5. The highest BCUT2D eigenvalue weighted by molar-refractivity contribution is 5.85. The molecule has 1 atom stereocenters. The number of hydrogen-bond acceptors (Lipinski definition) is 4. The van der Waals surface area contributed by atoms with Gasteiger partial charge >= 0.3 is 6.36 Å². The topological polar surface area (TPSA) is 79.3 Å². The van der Waals surface area contributed by atoms with Crippen LogP contribution in [0.2, 0.25) is 0 Å². The van der Waals surface area contributed by atoms with Crippen LogP contribution >= 0.6 is 12.4 Å². The molecule has 0 unspecified atom stereocenters. The van der Waals surface area contributed by atoms with E-state index < -0.39 is 18.2 Å². The standard InChI is InChI=1S/C10H9F3N2O2.ClH/c11-10(12,13)17-6-1-2-9(16)7(5-6)8(15)3-4-14;/h1-2,5,8,16H,3,15H2;1H/t8-;/m0./s1. The fraction of sp³-hybridized carbons (Fsp3) is 0.300. The molecule has 0 spiro atoms. The van der Waals surface area contributed by atoms with Crippen LogP contribution in [0.4, 0.5) is 13.2 Å². The molecule has 0 aliphatic carbocycles. The molecule has 0 saturated carbocycles. The highest BCUT2D eigenvalue weighted by Crippen LogP contribution is 2.31. The number of phenols is 1. The Bertz CT molecular complexity index is 446. The van der Waals surface area contributed by atoms with Gasteiger partial charge in [-0.3, -0.25) is 0 Å². The van der Waals surface area contributed by atoms with Gasteiger partial charge in [-0.25, -0.2) is 0 Å². The average Bonchev–Trinajstić information content (AvgIpc) is 2.19. The van der Waals surface area contributed by atoms with Gasteiger partial charge in [0.05, 0.1) is 12.5 Å². The molecular formula is C10H10ClF3N2O2. The third kappa shape index (κ3) is 4.69. The Labute approximate surface area is 107 Å². The molecule has 3 N–H and O–H groups in total. The number of alkyl halides is 3. The van der Waals surface area contributed by atoms with E-state index in [0.717, 1.165) is 18.2 Å². The van der Waals surface area contributed by atoms with Crippen molar-refractivity contribution in [3.05, 3.63) is 23.8 Å². The maximum absolute atomic E-state index is 12.0. The summed E-state index contributed by atoms with van der Waals surface area (Å²) in [7, 11) is 0. The number of halogens is 4. The molecule has 0 radical (unpaired) electrons. The first-order chi connectivity index (χ1) is 7.83. The molecule has 0 saturated heterocycles. The summed E-state index contributed by atoms with van der Waals surface area (Å²) in [5.74, 6) is -0.763. The van der Waals surface area contributed by atoms with Crippen LogP contribution in [0.25, 0.3) is 0 Å². The second-order valence-electron chi connectivity index (χ2n) is 3.24. The van der Waals surface area contributed by atoms with E-state index in [1.165, 1.54) is 0 Å². The summed E-state index contributed by atoms with van der Waals surface area (Å²) in [4.78, 5) is 0. The minimum Gasteiger partial charge on any atom is -0.508 e. The van der Waals surface area contributed by atoms with Crippen molar-refractivity contribution in [3.8, 4) is 17.6 Å². The SMILES string of the molecule is Cl.N#CC[C@H](N)c1cc(OC(F)(F)F)ccc1O. The summed E-state index contributed by atoms with van der Waals surface area (Å²) in [5, 5.41) is 17.8. The first-order valence-electron chi connectivity index (χ1n) is 4.54. The van der Waals surface area contributed by atoms with Gasteiger partial charge in [0.15, 0.2) is 0 Å².